The largest absolute Gasteiger partial charge is 0.497 e. The Labute approximate surface area is 112 Å². The third kappa shape index (κ3) is 4.55. The third-order valence-corrected chi connectivity index (χ3v) is 2.88. The lowest BCUT2D eigenvalue weighted by atomic mass is 10.1. The normalized spacial score (nSPS) is 12.0. The summed E-state index contributed by atoms with van der Waals surface area (Å²) in [5.41, 5.74) is 6.36. The van der Waals surface area contributed by atoms with Gasteiger partial charge in [-0.05, 0) is 18.6 Å². The van der Waals surface area contributed by atoms with Crippen LogP contribution in [-0.2, 0) is 4.79 Å². The molecule has 4 nitrogen and oxygen atoms in total. The fourth-order valence-electron chi connectivity index (χ4n) is 1.64. The lowest BCUT2D eigenvalue weighted by Crippen LogP contribution is -2.26. The van der Waals surface area contributed by atoms with Crippen LogP contribution in [0.15, 0.2) is 18.2 Å². The fraction of sp³-hybridized carbons (Fsp3) is 0.462. The van der Waals surface area contributed by atoms with Gasteiger partial charge in [-0.3, -0.25) is 4.79 Å². The molecule has 1 aromatic rings. The summed E-state index contributed by atoms with van der Waals surface area (Å²) in [4.78, 5) is 11.8. The Hall–Kier alpha value is -1.26. The van der Waals surface area contributed by atoms with Gasteiger partial charge in [-0.1, -0.05) is 24.9 Å². The van der Waals surface area contributed by atoms with Gasteiger partial charge < -0.3 is 15.8 Å². The molecule has 0 heterocycles. The molecule has 18 heavy (non-hydrogen) atoms. The maximum absolute atomic E-state index is 11.8. The molecule has 3 N–H and O–H groups in total. The summed E-state index contributed by atoms with van der Waals surface area (Å²) in [7, 11) is 1.56. The van der Waals surface area contributed by atoms with Gasteiger partial charge in [0.1, 0.15) is 5.75 Å². The maximum Gasteiger partial charge on any atom is 0.225 e. The molecule has 1 amide bonds. The summed E-state index contributed by atoms with van der Waals surface area (Å²) in [6, 6.07) is 4.99. The lowest BCUT2D eigenvalue weighted by molar-refractivity contribution is -0.116. The number of halogens is 1. The van der Waals surface area contributed by atoms with E-state index in [2.05, 4.69) is 5.32 Å². The molecular formula is C13H19ClN2O2. The molecule has 0 saturated carbocycles. The quantitative estimate of drug-likeness (QED) is 0.835. The number of amides is 1. The van der Waals surface area contributed by atoms with Gasteiger partial charge in [0.2, 0.25) is 5.91 Å². The summed E-state index contributed by atoms with van der Waals surface area (Å²) >= 11 is 5.99. The second kappa shape index (κ2) is 7.24. The molecule has 0 aliphatic rings. The maximum atomic E-state index is 11.8. The molecule has 1 atom stereocenters. The van der Waals surface area contributed by atoms with Gasteiger partial charge in [0.25, 0.3) is 0 Å². The Balaban J connectivity index is 2.63. The van der Waals surface area contributed by atoms with Crippen molar-refractivity contribution in [1.82, 2.24) is 0 Å². The Morgan fingerprint density at radius 2 is 2.28 bits per heavy atom. The Morgan fingerprint density at radius 1 is 1.56 bits per heavy atom. The Morgan fingerprint density at radius 3 is 2.89 bits per heavy atom. The highest BCUT2D eigenvalue weighted by atomic mass is 35.5. The smallest absolute Gasteiger partial charge is 0.225 e. The molecule has 1 rings (SSSR count). The molecule has 1 unspecified atom stereocenters. The summed E-state index contributed by atoms with van der Waals surface area (Å²) in [6.07, 6.45) is 2.09. The van der Waals surface area contributed by atoms with Gasteiger partial charge in [0.05, 0.1) is 17.8 Å². The first-order chi connectivity index (χ1) is 8.56. The van der Waals surface area contributed by atoms with Crippen LogP contribution in [0.1, 0.15) is 26.2 Å². The van der Waals surface area contributed by atoms with Gasteiger partial charge >= 0.3 is 0 Å². The first-order valence-electron chi connectivity index (χ1n) is 5.95. The highest BCUT2D eigenvalue weighted by Gasteiger charge is 2.11. The number of anilines is 1. The Bertz CT molecular complexity index is 410. The minimum atomic E-state index is -0.133. The van der Waals surface area contributed by atoms with Crippen molar-refractivity contribution in [2.45, 2.75) is 32.2 Å². The van der Waals surface area contributed by atoms with E-state index < -0.39 is 0 Å². The number of benzene rings is 1. The molecule has 1 aromatic carbocycles. The summed E-state index contributed by atoms with van der Waals surface area (Å²) in [6.45, 7) is 2.04. The van der Waals surface area contributed by atoms with Gasteiger partial charge in [-0.15, -0.1) is 0 Å². The van der Waals surface area contributed by atoms with E-state index in [1.165, 1.54) is 0 Å². The molecule has 0 radical (unpaired) electrons. The van der Waals surface area contributed by atoms with Gasteiger partial charge in [-0.2, -0.15) is 0 Å². The number of nitrogens with one attached hydrogen (secondary N) is 1. The lowest BCUT2D eigenvalue weighted by Gasteiger charge is -2.12. The zero-order valence-electron chi connectivity index (χ0n) is 10.7. The highest BCUT2D eigenvalue weighted by molar-refractivity contribution is 6.33. The highest BCUT2D eigenvalue weighted by Crippen LogP contribution is 2.26. The van der Waals surface area contributed by atoms with E-state index in [0.29, 0.717) is 22.9 Å². The monoisotopic (exact) mass is 270 g/mol. The van der Waals surface area contributed by atoms with Gasteiger partial charge in [0, 0.05) is 18.5 Å². The number of rotatable bonds is 6. The van der Waals surface area contributed by atoms with Crippen molar-refractivity contribution in [2.75, 3.05) is 12.4 Å². The first-order valence-corrected chi connectivity index (χ1v) is 6.33. The molecule has 0 aliphatic heterocycles. The summed E-state index contributed by atoms with van der Waals surface area (Å²) in [5, 5.41) is 3.22. The van der Waals surface area contributed by atoms with Crippen molar-refractivity contribution in [3.8, 4) is 5.75 Å². The molecule has 0 spiro atoms. The average molecular weight is 271 g/mol. The molecule has 0 aliphatic carbocycles. The number of carbonyl (C=O) groups is 1. The van der Waals surface area contributed by atoms with Crippen LogP contribution in [0.3, 0.4) is 0 Å². The van der Waals surface area contributed by atoms with Crippen molar-refractivity contribution in [3.05, 3.63) is 23.2 Å². The topological polar surface area (TPSA) is 64.4 Å². The number of methoxy groups -OCH3 is 1. The standard InChI is InChI=1S/C13H19ClN2O2/c1-3-4-9(15)7-13(17)16-12-8-10(18-2)5-6-11(12)14/h5-6,8-9H,3-4,7,15H2,1-2H3,(H,16,17). The van der Waals surface area contributed by atoms with E-state index in [9.17, 15) is 4.79 Å². The number of nitrogens with two attached hydrogens (primary N) is 1. The van der Waals surface area contributed by atoms with Crippen LogP contribution < -0.4 is 15.8 Å². The van der Waals surface area contributed by atoms with E-state index in [0.717, 1.165) is 12.8 Å². The second-order valence-electron chi connectivity index (χ2n) is 4.15. The predicted molar refractivity (Wildman–Crippen MR) is 74.1 cm³/mol. The van der Waals surface area contributed by atoms with Crippen molar-refractivity contribution in [2.24, 2.45) is 5.73 Å². The first kappa shape index (κ1) is 14.8. The number of carbonyl (C=O) groups excluding carboxylic acids is 1. The van der Waals surface area contributed by atoms with Crippen molar-refractivity contribution in [1.29, 1.82) is 0 Å². The van der Waals surface area contributed by atoms with E-state index in [-0.39, 0.29) is 11.9 Å². The van der Waals surface area contributed by atoms with Gasteiger partial charge in [-0.25, -0.2) is 0 Å². The number of hydrogen-bond acceptors (Lipinski definition) is 3. The van der Waals surface area contributed by atoms with Crippen LogP contribution in [-0.4, -0.2) is 19.1 Å². The molecule has 0 fully saturated rings. The molecular weight excluding hydrogens is 252 g/mol. The van der Waals surface area contributed by atoms with Crippen LogP contribution in [0.4, 0.5) is 5.69 Å². The van der Waals surface area contributed by atoms with Crippen LogP contribution in [0, 0.1) is 0 Å². The van der Waals surface area contributed by atoms with Gasteiger partial charge in [0.15, 0.2) is 0 Å². The van der Waals surface area contributed by atoms with Crippen LogP contribution in [0.2, 0.25) is 5.02 Å². The zero-order valence-corrected chi connectivity index (χ0v) is 11.5. The number of hydrogen-bond donors (Lipinski definition) is 2. The molecule has 0 saturated heterocycles. The fourth-order valence-corrected chi connectivity index (χ4v) is 1.80. The SMILES string of the molecule is CCCC(N)CC(=O)Nc1cc(OC)ccc1Cl. The molecule has 0 bridgehead atoms. The summed E-state index contributed by atoms with van der Waals surface area (Å²) in [5.74, 6) is 0.513. The van der Waals surface area contributed by atoms with Crippen molar-refractivity contribution >= 4 is 23.2 Å². The van der Waals surface area contributed by atoms with Crippen LogP contribution >= 0.6 is 11.6 Å². The predicted octanol–water partition coefficient (Wildman–Crippen LogP) is 2.80. The molecule has 100 valence electrons. The Kier molecular flexibility index (Phi) is 5.95. The third-order valence-electron chi connectivity index (χ3n) is 2.55. The minimum Gasteiger partial charge on any atom is -0.497 e. The van der Waals surface area contributed by atoms with Crippen LogP contribution in [0.25, 0.3) is 0 Å². The average Bonchev–Trinajstić information content (AvgIpc) is 2.32. The second-order valence-corrected chi connectivity index (χ2v) is 4.55. The number of ether oxygens (including phenoxy) is 1. The van der Waals surface area contributed by atoms with Crippen molar-refractivity contribution in [3.63, 3.8) is 0 Å². The van der Waals surface area contributed by atoms with Crippen LogP contribution in [0.5, 0.6) is 5.75 Å². The molecule has 0 aromatic heterocycles. The minimum absolute atomic E-state index is 0.112. The molecule has 5 heteroatoms. The van der Waals surface area contributed by atoms with E-state index in [4.69, 9.17) is 22.1 Å². The zero-order chi connectivity index (χ0) is 13.5. The van der Waals surface area contributed by atoms with E-state index >= 15 is 0 Å². The summed E-state index contributed by atoms with van der Waals surface area (Å²) < 4.78 is 5.08. The van der Waals surface area contributed by atoms with E-state index in [1.807, 2.05) is 6.92 Å². The van der Waals surface area contributed by atoms with Crippen molar-refractivity contribution < 1.29 is 9.53 Å². The van der Waals surface area contributed by atoms with E-state index in [1.54, 1.807) is 25.3 Å².